The molecule has 0 bridgehead atoms. The summed E-state index contributed by atoms with van der Waals surface area (Å²) in [6.07, 6.45) is 2.66. The Morgan fingerprint density at radius 2 is 2.25 bits per heavy atom. The summed E-state index contributed by atoms with van der Waals surface area (Å²) in [5, 5.41) is 0. The lowest BCUT2D eigenvalue weighted by atomic mass is 10.1. The molecular weight excluding hydrogens is 258 g/mol. The third-order valence-corrected chi connectivity index (χ3v) is 3.28. The van der Waals surface area contributed by atoms with Gasteiger partial charge in [0.15, 0.2) is 0 Å². The molecule has 3 N–H and O–H groups in total. The molecule has 0 spiro atoms. The number of hydrazine groups is 1. The van der Waals surface area contributed by atoms with Crippen LogP contribution in [0.15, 0.2) is 24.3 Å². The van der Waals surface area contributed by atoms with E-state index in [1.807, 2.05) is 4.90 Å². The summed E-state index contributed by atoms with van der Waals surface area (Å²) >= 11 is 0. The number of hydrogen-bond acceptors (Lipinski definition) is 4. The number of carbonyl (C=O) groups is 2. The topological polar surface area (TPSA) is 84.7 Å². The Bertz CT molecular complexity index is 490. The van der Waals surface area contributed by atoms with Gasteiger partial charge in [-0.1, -0.05) is 6.07 Å². The summed E-state index contributed by atoms with van der Waals surface area (Å²) in [6.45, 7) is 1.80. The highest BCUT2D eigenvalue weighted by molar-refractivity contribution is 5.94. The summed E-state index contributed by atoms with van der Waals surface area (Å²) < 4.78 is 5.58. The van der Waals surface area contributed by atoms with Gasteiger partial charge in [-0.15, -0.1) is 0 Å². The highest BCUT2D eigenvalue weighted by Gasteiger charge is 2.17. The van der Waals surface area contributed by atoms with Gasteiger partial charge in [-0.2, -0.15) is 0 Å². The number of hydrogen-bond donors (Lipinski definition) is 2. The van der Waals surface area contributed by atoms with Crippen LogP contribution in [0.2, 0.25) is 0 Å². The van der Waals surface area contributed by atoms with Gasteiger partial charge in [0.25, 0.3) is 5.91 Å². The van der Waals surface area contributed by atoms with E-state index in [0.717, 1.165) is 19.4 Å². The molecule has 0 atom stereocenters. The molecule has 6 heteroatoms. The number of carbonyl (C=O) groups excluding carboxylic acids is 2. The number of nitrogen functional groups attached to an aromatic ring is 1. The molecule has 1 aliphatic heterocycles. The molecule has 1 aromatic carbocycles. The second kappa shape index (κ2) is 6.91. The first-order valence-electron chi connectivity index (χ1n) is 6.72. The number of nitrogens with two attached hydrogens (primary N) is 1. The lowest BCUT2D eigenvalue weighted by molar-refractivity contribution is -0.133. The first-order valence-corrected chi connectivity index (χ1v) is 6.72. The smallest absolute Gasteiger partial charge is 0.265 e. The lowest BCUT2D eigenvalue weighted by Gasteiger charge is -2.26. The van der Waals surface area contributed by atoms with Gasteiger partial charge in [-0.05, 0) is 31.0 Å². The Labute approximate surface area is 117 Å². The van der Waals surface area contributed by atoms with Crippen molar-refractivity contribution >= 4 is 11.8 Å². The van der Waals surface area contributed by atoms with Gasteiger partial charge in [-0.25, -0.2) is 5.84 Å². The van der Waals surface area contributed by atoms with E-state index in [-0.39, 0.29) is 11.8 Å². The molecule has 0 aromatic heterocycles. The second-order valence-corrected chi connectivity index (χ2v) is 4.69. The maximum Gasteiger partial charge on any atom is 0.265 e. The number of rotatable bonds is 5. The van der Waals surface area contributed by atoms with Crippen LogP contribution in [0.3, 0.4) is 0 Å². The molecule has 0 radical (unpaired) electrons. The molecule has 0 saturated carbocycles. The molecule has 1 fully saturated rings. The highest BCUT2D eigenvalue weighted by Crippen LogP contribution is 2.14. The summed E-state index contributed by atoms with van der Waals surface area (Å²) in [5.74, 6) is 5.51. The van der Waals surface area contributed by atoms with Gasteiger partial charge in [0.1, 0.15) is 12.4 Å². The van der Waals surface area contributed by atoms with E-state index in [4.69, 9.17) is 10.6 Å². The Morgan fingerprint density at radius 3 is 3.00 bits per heavy atom. The molecule has 6 nitrogen and oxygen atoms in total. The van der Waals surface area contributed by atoms with Crippen LogP contribution in [-0.2, 0) is 4.79 Å². The van der Waals surface area contributed by atoms with E-state index in [1.165, 1.54) is 0 Å². The molecule has 2 amide bonds. The first kappa shape index (κ1) is 14.3. The van der Waals surface area contributed by atoms with Gasteiger partial charge >= 0.3 is 0 Å². The Hall–Kier alpha value is -2.08. The van der Waals surface area contributed by atoms with Crippen LogP contribution >= 0.6 is 0 Å². The minimum Gasteiger partial charge on any atom is -0.492 e. The maximum atomic E-state index is 11.6. The van der Waals surface area contributed by atoms with E-state index in [9.17, 15) is 9.59 Å². The SMILES string of the molecule is NNC(=O)c1cccc(OCCN2CCCCC2=O)c1. The van der Waals surface area contributed by atoms with Crippen LogP contribution < -0.4 is 16.0 Å². The minimum absolute atomic E-state index is 0.191. The summed E-state index contributed by atoms with van der Waals surface area (Å²) in [4.78, 5) is 24.8. The number of nitrogens with one attached hydrogen (secondary N) is 1. The van der Waals surface area contributed by atoms with Crippen molar-refractivity contribution < 1.29 is 14.3 Å². The standard InChI is InChI=1S/C14H19N3O3/c15-16-14(19)11-4-3-5-12(10-11)20-9-8-17-7-2-1-6-13(17)18/h3-5,10H,1-2,6-9,15H2,(H,16,19). The monoisotopic (exact) mass is 277 g/mol. The van der Waals surface area contributed by atoms with Gasteiger partial charge in [0.2, 0.25) is 5.91 Å². The van der Waals surface area contributed by atoms with Crippen LogP contribution in [0.4, 0.5) is 0 Å². The average Bonchev–Trinajstić information content (AvgIpc) is 2.49. The molecule has 2 rings (SSSR count). The minimum atomic E-state index is -0.360. The predicted molar refractivity (Wildman–Crippen MR) is 74.0 cm³/mol. The molecular formula is C14H19N3O3. The lowest BCUT2D eigenvalue weighted by Crippen LogP contribution is -2.38. The molecule has 1 heterocycles. The van der Waals surface area contributed by atoms with Crippen LogP contribution in [0.25, 0.3) is 0 Å². The fraction of sp³-hybridized carbons (Fsp3) is 0.429. The highest BCUT2D eigenvalue weighted by atomic mass is 16.5. The molecule has 20 heavy (non-hydrogen) atoms. The molecule has 1 aromatic rings. The third-order valence-electron chi connectivity index (χ3n) is 3.28. The first-order chi connectivity index (χ1) is 9.70. The molecule has 1 aliphatic rings. The van der Waals surface area contributed by atoms with Crippen molar-refractivity contribution in [3.05, 3.63) is 29.8 Å². The van der Waals surface area contributed by atoms with Crippen LogP contribution in [0, 0.1) is 0 Å². The van der Waals surface area contributed by atoms with E-state index in [2.05, 4.69) is 5.43 Å². The van der Waals surface area contributed by atoms with Crippen LogP contribution in [-0.4, -0.2) is 36.4 Å². The van der Waals surface area contributed by atoms with Crippen molar-refractivity contribution in [2.75, 3.05) is 19.7 Å². The fourth-order valence-corrected chi connectivity index (χ4v) is 2.18. The molecule has 0 unspecified atom stereocenters. The van der Waals surface area contributed by atoms with Crippen molar-refractivity contribution in [2.24, 2.45) is 5.84 Å². The number of nitrogens with zero attached hydrogens (tertiary/aromatic N) is 1. The zero-order chi connectivity index (χ0) is 14.4. The Kier molecular flexibility index (Phi) is 4.95. The zero-order valence-electron chi connectivity index (χ0n) is 11.3. The number of benzene rings is 1. The maximum absolute atomic E-state index is 11.6. The largest absolute Gasteiger partial charge is 0.492 e. The van der Waals surface area contributed by atoms with E-state index < -0.39 is 0 Å². The summed E-state index contributed by atoms with van der Waals surface area (Å²) in [5.41, 5.74) is 2.52. The van der Waals surface area contributed by atoms with Crippen molar-refractivity contribution in [3.8, 4) is 5.75 Å². The van der Waals surface area contributed by atoms with Crippen molar-refractivity contribution in [2.45, 2.75) is 19.3 Å². The van der Waals surface area contributed by atoms with Crippen molar-refractivity contribution in [3.63, 3.8) is 0 Å². The van der Waals surface area contributed by atoms with E-state index in [0.29, 0.717) is 30.9 Å². The summed E-state index contributed by atoms with van der Waals surface area (Å²) in [6, 6.07) is 6.78. The molecule has 108 valence electrons. The van der Waals surface area contributed by atoms with Crippen LogP contribution in [0.5, 0.6) is 5.75 Å². The quantitative estimate of drug-likeness (QED) is 0.471. The number of amides is 2. The Morgan fingerprint density at radius 1 is 1.40 bits per heavy atom. The normalized spacial score (nSPS) is 15.1. The van der Waals surface area contributed by atoms with Crippen molar-refractivity contribution in [1.29, 1.82) is 0 Å². The number of likely N-dealkylation sites (tertiary alicyclic amines) is 1. The molecule has 1 saturated heterocycles. The summed E-state index contributed by atoms with van der Waals surface area (Å²) in [7, 11) is 0. The average molecular weight is 277 g/mol. The predicted octanol–water partition coefficient (Wildman–Crippen LogP) is 0.681. The molecule has 0 aliphatic carbocycles. The fourth-order valence-electron chi connectivity index (χ4n) is 2.18. The second-order valence-electron chi connectivity index (χ2n) is 4.69. The van der Waals surface area contributed by atoms with E-state index >= 15 is 0 Å². The van der Waals surface area contributed by atoms with Gasteiger partial charge in [0.05, 0.1) is 6.54 Å². The van der Waals surface area contributed by atoms with E-state index in [1.54, 1.807) is 24.3 Å². The number of piperidine rings is 1. The van der Waals surface area contributed by atoms with Crippen molar-refractivity contribution in [1.82, 2.24) is 10.3 Å². The third kappa shape index (κ3) is 3.71. The van der Waals surface area contributed by atoms with Gasteiger partial charge < -0.3 is 9.64 Å². The van der Waals surface area contributed by atoms with Crippen LogP contribution in [0.1, 0.15) is 29.6 Å². The zero-order valence-corrected chi connectivity index (χ0v) is 11.3. The number of ether oxygens (including phenoxy) is 1. The van der Waals surface area contributed by atoms with Gasteiger partial charge in [-0.3, -0.25) is 15.0 Å². The Balaban J connectivity index is 1.84. The van der Waals surface area contributed by atoms with Gasteiger partial charge in [0, 0.05) is 18.5 Å².